The van der Waals surface area contributed by atoms with E-state index in [0.717, 1.165) is 51.7 Å². The standard InChI is InChI=1S/C15H26N2O2/c18-15(10-14-4-9-19-12-14)17-7-5-16(6-8-17)11-13-2-1-3-13/h13-14H,1-12H2/t14-/m1/s1. The summed E-state index contributed by atoms with van der Waals surface area (Å²) in [6.07, 6.45) is 6.02. The number of hydrogen-bond acceptors (Lipinski definition) is 3. The molecule has 0 aromatic heterocycles. The Bertz CT molecular complexity index is 303. The Morgan fingerprint density at radius 1 is 1.05 bits per heavy atom. The van der Waals surface area contributed by atoms with Gasteiger partial charge in [0.2, 0.25) is 5.91 Å². The Hall–Kier alpha value is -0.610. The maximum Gasteiger partial charge on any atom is 0.223 e. The molecule has 4 heteroatoms. The molecule has 2 heterocycles. The Morgan fingerprint density at radius 2 is 1.84 bits per heavy atom. The van der Waals surface area contributed by atoms with E-state index in [2.05, 4.69) is 9.80 Å². The third-order valence-electron chi connectivity index (χ3n) is 4.95. The number of hydrogen-bond donors (Lipinski definition) is 0. The SMILES string of the molecule is O=C(C[C@H]1CCOC1)N1CCN(CC2CCC2)CC1. The van der Waals surface area contributed by atoms with Crippen LogP contribution in [0.2, 0.25) is 0 Å². The monoisotopic (exact) mass is 266 g/mol. The molecule has 4 nitrogen and oxygen atoms in total. The van der Waals surface area contributed by atoms with Crippen molar-refractivity contribution >= 4 is 5.91 Å². The van der Waals surface area contributed by atoms with E-state index in [1.807, 2.05) is 0 Å². The van der Waals surface area contributed by atoms with E-state index in [1.54, 1.807) is 0 Å². The lowest BCUT2D eigenvalue weighted by atomic mass is 9.85. The number of rotatable bonds is 4. The molecule has 1 amide bonds. The van der Waals surface area contributed by atoms with Gasteiger partial charge in [-0.1, -0.05) is 6.42 Å². The first-order valence-electron chi connectivity index (χ1n) is 7.89. The van der Waals surface area contributed by atoms with Crippen LogP contribution >= 0.6 is 0 Å². The second-order valence-corrected chi connectivity index (χ2v) is 6.41. The van der Waals surface area contributed by atoms with Crippen molar-refractivity contribution in [2.75, 3.05) is 45.9 Å². The van der Waals surface area contributed by atoms with Gasteiger partial charge in [0.05, 0.1) is 0 Å². The van der Waals surface area contributed by atoms with Crippen LogP contribution in [-0.2, 0) is 9.53 Å². The zero-order chi connectivity index (χ0) is 13.1. The highest BCUT2D eigenvalue weighted by Gasteiger charge is 2.27. The number of amides is 1. The van der Waals surface area contributed by atoms with Gasteiger partial charge in [0.1, 0.15) is 0 Å². The summed E-state index contributed by atoms with van der Waals surface area (Å²) in [6, 6.07) is 0. The van der Waals surface area contributed by atoms with E-state index in [9.17, 15) is 4.79 Å². The minimum atomic E-state index is 0.346. The molecular formula is C15H26N2O2. The average molecular weight is 266 g/mol. The molecular weight excluding hydrogens is 240 g/mol. The maximum absolute atomic E-state index is 12.2. The molecule has 3 fully saturated rings. The molecule has 108 valence electrons. The third-order valence-corrected chi connectivity index (χ3v) is 4.95. The Morgan fingerprint density at radius 3 is 2.42 bits per heavy atom. The van der Waals surface area contributed by atoms with Gasteiger partial charge in [0.15, 0.2) is 0 Å². The molecule has 0 unspecified atom stereocenters. The van der Waals surface area contributed by atoms with Crippen molar-refractivity contribution in [3.8, 4) is 0 Å². The van der Waals surface area contributed by atoms with E-state index in [4.69, 9.17) is 4.74 Å². The van der Waals surface area contributed by atoms with Crippen LogP contribution in [0.4, 0.5) is 0 Å². The maximum atomic E-state index is 12.2. The van der Waals surface area contributed by atoms with Crippen molar-refractivity contribution in [2.45, 2.75) is 32.1 Å². The number of ether oxygens (including phenoxy) is 1. The minimum Gasteiger partial charge on any atom is -0.381 e. The van der Waals surface area contributed by atoms with E-state index in [0.29, 0.717) is 18.2 Å². The summed E-state index contributed by atoms with van der Waals surface area (Å²) in [5.74, 6) is 1.76. The highest BCUT2D eigenvalue weighted by molar-refractivity contribution is 5.76. The van der Waals surface area contributed by atoms with Crippen LogP contribution < -0.4 is 0 Å². The van der Waals surface area contributed by atoms with Crippen LogP contribution in [0.15, 0.2) is 0 Å². The molecule has 0 spiro atoms. The number of carbonyl (C=O) groups excluding carboxylic acids is 1. The van der Waals surface area contributed by atoms with Gasteiger partial charge in [-0.05, 0) is 31.1 Å². The summed E-state index contributed by atoms with van der Waals surface area (Å²) in [5, 5.41) is 0. The first kappa shape index (κ1) is 13.4. The second kappa shape index (κ2) is 6.23. The van der Waals surface area contributed by atoms with E-state index in [1.165, 1.54) is 25.8 Å². The summed E-state index contributed by atoms with van der Waals surface area (Å²) in [4.78, 5) is 16.8. The molecule has 0 aromatic carbocycles. The highest BCUT2D eigenvalue weighted by atomic mass is 16.5. The smallest absolute Gasteiger partial charge is 0.223 e. The fourth-order valence-corrected chi connectivity index (χ4v) is 3.34. The summed E-state index contributed by atoms with van der Waals surface area (Å²) < 4.78 is 5.35. The van der Waals surface area contributed by atoms with Crippen LogP contribution in [0, 0.1) is 11.8 Å². The molecule has 1 saturated carbocycles. The fourth-order valence-electron chi connectivity index (χ4n) is 3.34. The zero-order valence-electron chi connectivity index (χ0n) is 11.9. The van der Waals surface area contributed by atoms with Gasteiger partial charge in [-0.2, -0.15) is 0 Å². The normalized spacial score (nSPS) is 29.5. The predicted octanol–water partition coefficient (Wildman–Crippen LogP) is 1.36. The van der Waals surface area contributed by atoms with Crippen LogP contribution in [-0.4, -0.2) is 61.6 Å². The lowest BCUT2D eigenvalue weighted by molar-refractivity contribution is -0.134. The van der Waals surface area contributed by atoms with Gasteiger partial charge >= 0.3 is 0 Å². The first-order valence-corrected chi connectivity index (χ1v) is 7.89. The topological polar surface area (TPSA) is 32.8 Å². The van der Waals surface area contributed by atoms with E-state index < -0.39 is 0 Å². The minimum absolute atomic E-state index is 0.346. The Kier molecular flexibility index (Phi) is 4.38. The van der Waals surface area contributed by atoms with Crippen molar-refractivity contribution in [2.24, 2.45) is 11.8 Å². The van der Waals surface area contributed by atoms with Gasteiger partial charge in [-0.15, -0.1) is 0 Å². The predicted molar refractivity (Wildman–Crippen MR) is 73.9 cm³/mol. The number of carbonyl (C=O) groups is 1. The number of nitrogens with zero attached hydrogens (tertiary/aromatic N) is 2. The molecule has 0 radical (unpaired) electrons. The van der Waals surface area contributed by atoms with Crippen molar-refractivity contribution < 1.29 is 9.53 Å². The average Bonchev–Trinajstić information content (AvgIpc) is 2.87. The van der Waals surface area contributed by atoms with Crippen molar-refractivity contribution in [3.63, 3.8) is 0 Å². The van der Waals surface area contributed by atoms with Gasteiger partial charge < -0.3 is 9.64 Å². The fraction of sp³-hybridized carbons (Fsp3) is 0.933. The molecule has 3 rings (SSSR count). The molecule has 1 aliphatic carbocycles. The molecule has 0 aromatic rings. The lowest BCUT2D eigenvalue weighted by Gasteiger charge is -2.38. The van der Waals surface area contributed by atoms with Gasteiger partial charge in [-0.3, -0.25) is 9.69 Å². The Balaban J connectivity index is 1.37. The first-order chi connectivity index (χ1) is 9.31. The largest absolute Gasteiger partial charge is 0.381 e. The molecule has 2 aliphatic heterocycles. The molecule has 0 N–H and O–H groups in total. The van der Waals surface area contributed by atoms with Crippen molar-refractivity contribution in [1.29, 1.82) is 0 Å². The van der Waals surface area contributed by atoms with Crippen LogP contribution in [0.3, 0.4) is 0 Å². The van der Waals surface area contributed by atoms with Gasteiger partial charge in [0, 0.05) is 52.4 Å². The van der Waals surface area contributed by atoms with Crippen LogP contribution in [0.1, 0.15) is 32.1 Å². The summed E-state index contributed by atoms with van der Waals surface area (Å²) in [5.41, 5.74) is 0. The van der Waals surface area contributed by atoms with Gasteiger partial charge in [-0.25, -0.2) is 0 Å². The van der Waals surface area contributed by atoms with Crippen molar-refractivity contribution in [1.82, 2.24) is 9.80 Å². The summed E-state index contributed by atoms with van der Waals surface area (Å²) in [6.45, 7) is 6.89. The van der Waals surface area contributed by atoms with E-state index >= 15 is 0 Å². The molecule has 0 bridgehead atoms. The molecule has 19 heavy (non-hydrogen) atoms. The zero-order valence-corrected chi connectivity index (χ0v) is 11.9. The molecule has 2 saturated heterocycles. The van der Waals surface area contributed by atoms with Crippen LogP contribution in [0.5, 0.6) is 0 Å². The van der Waals surface area contributed by atoms with Gasteiger partial charge in [0.25, 0.3) is 0 Å². The molecule has 3 aliphatic rings. The second-order valence-electron chi connectivity index (χ2n) is 6.41. The highest BCUT2D eigenvalue weighted by Crippen LogP contribution is 2.27. The molecule has 1 atom stereocenters. The van der Waals surface area contributed by atoms with Crippen molar-refractivity contribution in [3.05, 3.63) is 0 Å². The summed E-state index contributed by atoms with van der Waals surface area (Å²) >= 11 is 0. The van der Waals surface area contributed by atoms with E-state index in [-0.39, 0.29) is 0 Å². The number of piperazine rings is 1. The lowest BCUT2D eigenvalue weighted by Crippen LogP contribution is -2.50. The summed E-state index contributed by atoms with van der Waals surface area (Å²) in [7, 11) is 0. The quantitative estimate of drug-likeness (QED) is 0.770. The van der Waals surface area contributed by atoms with Crippen LogP contribution in [0.25, 0.3) is 0 Å². The Labute approximate surface area is 116 Å². The third kappa shape index (κ3) is 3.48.